The molecule has 1 aliphatic heterocycles. The Morgan fingerprint density at radius 3 is 2.43 bits per heavy atom. The summed E-state index contributed by atoms with van der Waals surface area (Å²) in [5.41, 5.74) is 4.15. The molecule has 0 atom stereocenters. The van der Waals surface area contributed by atoms with E-state index in [2.05, 4.69) is 81.9 Å². The van der Waals surface area contributed by atoms with Gasteiger partial charge in [0.15, 0.2) is 11.5 Å². The van der Waals surface area contributed by atoms with Gasteiger partial charge in [-0.15, -0.1) is 0 Å². The van der Waals surface area contributed by atoms with Crippen LogP contribution in [0.15, 0.2) is 42.6 Å². The van der Waals surface area contributed by atoms with Crippen molar-refractivity contribution in [1.82, 2.24) is 30.0 Å². The fourth-order valence-electron chi connectivity index (χ4n) is 5.46. The maximum atomic E-state index is 6.26. The molecule has 2 aromatic heterocycles. The van der Waals surface area contributed by atoms with Crippen molar-refractivity contribution in [1.29, 1.82) is 0 Å². The Balaban J connectivity index is 1.31. The molecule has 12 heteroatoms. The van der Waals surface area contributed by atoms with Crippen LogP contribution in [0.4, 0.5) is 17.5 Å². The zero-order chi connectivity index (χ0) is 31.1. The number of hydrogen-bond donors (Lipinski definition) is 3. The van der Waals surface area contributed by atoms with E-state index >= 15 is 0 Å². The first kappa shape index (κ1) is 31.1. The molecule has 2 aromatic carbocycles. The Labute approximate surface area is 259 Å². The number of anilines is 3. The SMILES string of the molecule is COc1cc2nc(NCc3ccn[nH]3)nc(NC3CCN(Cc4c(OCCN(C)C)cccc4N(C)C)CC3)c2cc1OC. The molecule has 5 rings (SSSR count). The van der Waals surface area contributed by atoms with E-state index < -0.39 is 0 Å². The molecular formula is C32H45N9O3. The monoisotopic (exact) mass is 603 g/mol. The van der Waals surface area contributed by atoms with Crippen LogP contribution in [0.25, 0.3) is 10.9 Å². The molecule has 3 N–H and O–H groups in total. The van der Waals surface area contributed by atoms with E-state index in [1.165, 1.54) is 11.3 Å². The summed E-state index contributed by atoms with van der Waals surface area (Å²) in [4.78, 5) is 16.5. The second-order valence-corrected chi connectivity index (χ2v) is 11.6. The number of fused-ring (bicyclic) bond motifs is 1. The van der Waals surface area contributed by atoms with Gasteiger partial charge >= 0.3 is 0 Å². The number of methoxy groups -OCH3 is 2. The number of piperidine rings is 1. The summed E-state index contributed by atoms with van der Waals surface area (Å²) in [6, 6.07) is 12.4. The van der Waals surface area contributed by atoms with Crippen molar-refractivity contribution in [3.63, 3.8) is 0 Å². The van der Waals surface area contributed by atoms with E-state index in [1.807, 2.05) is 18.2 Å². The van der Waals surface area contributed by atoms with Gasteiger partial charge in [-0.2, -0.15) is 10.1 Å². The highest BCUT2D eigenvalue weighted by Gasteiger charge is 2.24. The number of benzene rings is 2. The molecule has 236 valence electrons. The standard InChI is InChI=1S/C32H45N9O3/c1-39(2)16-17-44-28-9-7-8-27(40(3)4)25(28)21-41-14-11-22(12-15-41)35-31-24-18-29(42-5)30(43-6)19-26(24)36-32(37-31)33-20-23-10-13-34-38-23/h7-10,13,18-19,22H,11-12,14-17,20-21H2,1-6H3,(H,34,38)(H2,33,35,36,37). The van der Waals surface area contributed by atoms with Crippen LogP contribution >= 0.6 is 0 Å². The van der Waals surface area contributed by atoms with E-state index in [9.17, 15) is 0 Å². The predicted octanol–water partition coefficient (Wildman–Crippen LogP) is 4.07. The zero-order valence-electron chi connectivity index (χ0n) is 26.7. The number of aromatic amines is 1. The quantitative estimate of drug-likeness (QED) is 0.194. The number of hydrogen-bond acceptors (Lipinski definition) is 11. The lowest BCUT2D eigenvalue weighted by Crippen LogP contribution is -2.39. The highest BCUT2D eigenvalue weighted by atomic mass is 16.5. The van der Waals surface area contributed by atoms with E-state index in [0.29, 0.717) is 30.6 Å². The molecule has 0 bridgehead atoms. The summed E-state index contributed by atoms with van der Waals surface area (Å²) in [7, 11) is 11.6. The molecule has 0 saturated carbocycles. The average Bonchev–Trinajstić information content (AvgIpc) is 3.54. The molecule has 1 saturated heterocycles. The Morgan fingerprint density at radius 2 is 1.75 bits per heavy atom. The second-order valence-electron chi connectivity index (χ2n) is 11.6. The van der Waals surface area contributed by atoms with Crippen molar-refractivity contribution in [3.8, 4) is 17.2 Å². The normalized spacial score (nSPS) is 14.2. The number of nitrogens with zero attached hydrogens (tertiary/aromatic N) is 6. The minimum atomic E-state index is 0.262. The lowest BCUT2D eigenvalue weighted by atomic mass is 10.0. The number of nitrogens with one attached hydrogen (secondary N) is 3. The van der Waals surface area contributed by atoms with E-state index in [1.54, 1.807) is 20.4 Å². The number of H-pyrrole nitrogens is 1. The topological polar surface area (TPSA) is 116 Å². The molecule has 44 heavy (non-hydrogen) atoms. The summed E-state index contributed by atoms with van der Waals surface area (Å²) in [5.74, 6) is 3.53. The summed E-state index contributed by atoms with van der Waals surface area (Å²) in [6.07, 6.45) is 3.69. The number of rotatable bonds is 14. The van der Waals surface area contributed by atoms with Gasteiger partial charge in [0.25, 0.3) is 0 Å². The van der Waals surface area contributed by atoms with Crippen LogP contribution in [0, 0.1) is 0 Å². The third kappa shape index (κ3) is 7.61. The molecule has 3 heterocycles. The number of likely N-dealkylation sites (tertiary alicyclic amines) is 1. The van der Waals surface area contributed by atoms with Crippen LogP contribution < -0.4 is 29.7 Å². The van der Waals surface area contributed by atoms with Crippen molar-refractivity contribution in [2.45, 2.75) is 32.0 Å². The van der Waals surface area contributed by atoms with Crippen LogP contribution in [-0.4, -0.2) is 105 Å². The van der Waals surface area contributed by atoms with Gasteiger partial charge in [-0.25, -0.2) is 4.98 Å². The van der Waals surface area contributed by atoms with Crippen LogP contribution in [0.1, 0.15) is 24.1 Å². The third-order valence-electron chi connectivity index (χ3n) is 7.89. The first-order valence-electron chi connectivity index (χ1n) is 15.1. The fourth-order valence-corrected chi connectivity index (χ4v) is 5.46. The minimum Gasteiger partial charge on any atom is -0.493 e. The molecular weight excluding hydrogens is 558 g/mol. The maximum absolute atomic E-state index is 6.26. The smallest absolute Gasteiger partial charge is 0.225 e. The molecule has 12 nitrogen and oxygen atoms in total. The molecule has 1 fully saturated rings. The summed E-state index contributed by atoms with van der Waals surface area (Å²) < 4.78 is 17.4. The summed E-state index contributed by atoms with van der Waals surface area (Å²) in [6.45, 7) is 4.83. The molecule has 0 aliphatic carbocycles. The minimum absolute atomic E-state index is 0.262. The van der Waals surface area contributed by atoms with Gasteiger partial charge in [0.1, 0.15) is 18.2 Å². The Bertz CT molecular complexity index is 1500. The second kappa shape index (κ2) is 14.5. The van der Waals surface area contributed by atoms with Crippen molar-refractivity contribution in [2.24, 2.45) is 0 Å². The van der Waals surface area contributed by atoms with Gasteiger partial charge < -0.3 is 34.6 Å². The van der Waals surface area contributed by atoms with Gasteiger partial charge in [-0.1, -0.05) is 6.07 Å². The lowest BCUT2D eigenvalue weighted by Gasteiger charge is -2.34. The van der Waals surface area contributed by atoms with Crippen molar-refractivity contribution >= 4 is 28.4 Å². The molecule has 0 radical (unpaired) electrons. The van der Waals surface area contributed by atoms with Crippen molar-refractivity contribution < 1.29 is 14.2 Å². The number of likely N-dealkylation sites (N-methyl/N-ethyl adjacent to an activating group) is 1. The Morgan fingerprint density at radius 1 is 0.977 bits per heavy atom. The maximum Gasteiger partial charge on any atom is 0.225 e. The van der Waals surface area contributed by atoms with E-state index in [4.69, 9.17) is 24.2 Å². The van der Waals surface area contributed by atoms with Crippen LogP contribution in [0.5, 0.6) is 17.2 Å². The van der Waals surface area contributed by atoms with Gasteiger partial charge in [-0.05, 0) is 51.2 Å². The first-order valence-corrected chi connectivity index (χ1v) is 15.1. The molecule has 0 spiro atoms. The Hall–Kier alpha value is -4.29. The first-order chi connectivity index (χ1) is 21.3. The Kier molecular flexibility index (Phi) is 10.2. The molecule has 4 aromatic rings. The predicted molar refractivity (Wildman–Crippen MR) is 175 cm³/mol. The number of ether oxygens (including phenoxy) is 3. The van der Waals surface area contributed by atoms with E-state index in [-0.39, 0.29) is 6.04 Å². The van der Waals surface area contributed by atoms with Crippen LogP contribution in [0.3, 0.4) is 0 Å². The molecule has 0 unspecified atom stereocenters. The lowest BCUT2D eigenvalue weighted by molar-refractivity contribution is 0.205. The van der Waals surface area contributed by atoms with Gasteiger partial charge in [0, 0.05) is 75.2 Å². The largest absolute Gasteiger partial charge is 0.493 e. The van der Waals surface area contributed by atoms with Crippen molar-refractivity contribution in [2.75, 3.05) is 84.2 Å². The number of aromatic nitrogens is 4. The van der Waals surface area contributed by atoms with Crippen LogP contribution in [-0.2, 0) is 13.1 Å². The third-order valence-corrected chi connectivity index (χ3v) is 7.89. The zero-order valence-corrected chi connectivity index (χ0v) is 26.7. The highest BCUT2D eigenvalue weighted by molar-refractivity contribution is 5.92. The average molecular weight is 604 g/mol. The molecule has 0 amide bonds. The van der Waals surface area contributed by atoms with Gasteiger partial charge in [-0.3, -0.25) is 10.00 Å². The highest BCUT2D eigenvalue weighted by Crippen LogP contribution is 2.36. The van der Waals surface area contributed by atoms with E-state index in [0.717, 1.165) is 67.2 Å². The summed E-state index contributed by atoms with van der Waals surface area (Å²) in [5, 5.41) is 14.9. The van der Waals surface area contributed by atoms with Crippen LogP contribution in [0.2, 0.25) is 0 Å². The van der Waals surface area contributed by atoms with Crippen molar-refractivity contribution in [3.05, 3.63) is 53.9 Å². The fraction of sp³-hybridized carbons (Fsp3) is 0.469. The van der Waals surface area contributed by atoms with Gasteiger partial charge in [0.2, 0.25) is 5.95 Å². The summed E-state index contributed by atoms with van der Waals surface area (Å²) >= 11 is 0. The molecule has 1 aliphatic rings. The van der Waals surface area contributed by atoms with Gasteiger partial charge in [0.05, 0.1) is 32.0 Å².